The van der Waals surface area contributed by atoms with Crippen molar-refractivity contribution >= 4 is 21.9 Å². The SMILES string of the molecule is C=CCNS(=O)(=O)c1cccc(C(=O)OCC(=O)NC(C)(C)C)c1. The molecule has 1 amide bonds. The molecule has 0 fully saturated rings. The van der Waals surface area contributed by atoms with Crippen molar-refractivity contribution in [3.05, 3.63) is 42.5 Å². The summed E-state index contributed by atoms with van der Waals surface area (Å²) in [5.41, 5.74) is -0.395. The van der Waals surface area contributed by atoms with Crippen molar-refractivity contribution in [1.29, 1.82) is 0 Å². The molecule has 0 bridgehead atoms. The van der Waals surface area contributed by atoms with Crippen molar-refractivity contribution < 1.29 is 22.7 Å². The summed E-state index contributed by atoms with van der Waals surface area (Å²) < 4.78 is 31.2. The molecule has 0 saturated carbocycles. The highest BCUT2D eigenvalue weighted by Crippen LogP contribution is 2.12. The van der Waals surface area contributed by atoms with Gasteiger partial charge in [-0.05, 0) is 39.0 Å². The van der Waals surface area contributed by atoms with Crippen LogP contribution in [-0.2, 0) is 19.6 Å². The van der Waals surface area contributed by atoms with Gasteiger partial charge in [-0.3, -0.25) is 4.79 Å². The van der Waals surface area contributed by atoms with E-state index in [0.29, 0.717) is 0 Å². The molecular formula is C16H22N2O5S. The van der Waals surface area contributed by atoms with Crippen LogP contribution in [-0.4, -0.2) is 39.0 Å². The summed E-state index contributed by atoms with van der Waals surface area (Å²) in [7, 11) is -3.74. The summed E-state index contributed by atoms with van der Waals surface area (Å²) in [6.45, 7) is 8.47. The maximum atomic E-state index is 12.0. The average Bonchev–Trinajstić information content (AvgIpc) is 2.49. The number of carbonyl (C=O) groups excluding carboxylic acids is 2. The number of benzene rings is 1. The largest absolute Gasteiger partial charge is 0.452 e. The van der Waals surface area contributed by atoms with Gasteiger partial charge in [0, 0.05) is 12.1 Å². The monoisotopic (exact) mass is 354 g/mol. The molecule has 0 atom stereocenters. The number of sulfonamides is 1. The second-order valence-electron chi connectivity index (χ2n) is 6.04. The van der Waals surface area contributed by atoms with E-state index in [4.69, 9.17) is 4.74 Å². The van der Waals surface area contributed by atoms with Crippen molar-refractivity contribution in [2.75, 3.05) is 13.2 Å². The summed E-state index contributed by atoms with van der Waals surface area (Å²) in [4.78, 5) is 23.5. The molecular weight excluding hydrogens is 332 g/mol. The lowest BCUT2D eigenvalue weighted by Gasteiger charge is -2.20. The second-order valence-corrected chi connectivity index (χ2v) is 7.81. The zero-order valence-corrected chi connectivity index (χ0v) is 14.8. The first-order chi connectivity index (χ1) is 11.0. The lowest BCUT2D eigenvalue weighted by molar-refractivity contribution is -0.125. The van der Waals surface area contributed by atoms with Gasteiger partial charge in [-0.1, -0.05) is 12.1 Å². The molecule has 0 heterocycles. The highest BCUT2D eigenvalue weighted by atomic mass is 32.2. The van der Waals surface area contributed by atoms with Crippen LogP contribution < -0.4 is 10.0 Å². The molecule has 132 valence electrons. The van der Waals surface area contributed by atoms with Gasteiger partial charge in [-0.15, -0.1) is 6.58 Å². The first-order valence-corrected chi connectivity index (χ1v) is 8.72. The van der Waals surface area contributed by atoms with Crippen LogP contribution in [0.3, 0.4) is 0 Å². The van der Waals surface area contributed by atoms with E-state index in [-0.39, 0.29) is 17.0 Å². The molecule has 0 aromatic heterocycles. The third kappa shape index (κ3) is 6.51. The van der Waals surface area contributed by atoms with Crippen LogP contribution >= 0.6 is 0 Å². The first-order valence-electron chi connectivity index (χ1n) is 7.24. The molecule has 7 nitrogen and oxygen atoms in total. The molecule has 0 saturated heterocycles. The van der Waals surface area contributed by atoms with Crippen LogP contribution in [0.4, 0.5) is 0 Å². The Morgan fingerprint density at radius 2 is 1.96 bits per heavy atom. The standard InChI is InChI=1S/C16H22N2O5S/c1-5-9-17-24(21,22)13-8-6-7-12(10-13)15(20)23-11-14(19)18-16(2,3)4/h5-8,10,17H,1,9,11H2,2-4H3,(H,18,19). The molecule has 2 N–H and O–H groups in total. The summed E-state index contributed by atoms with van der Waals surface area (Å²) in [6.07, 6.45) is 1.41. The fourth-order valence-corrected chi connectivity index (χ4v) is 2.75. The summed E-state index contributed by atoms with van der Waals surface area (Å²) in [6, 6.07) is 5.38. The minimum absolute atomic E-state index is 0.0417. The van der Waals surface area contributed by atoms with E-state index in [1.807, 2.05) is 0 Å². The van der Waals surface area contributed by atoms with Gasteiger partial charge in [0.15, 0.2) is 6.61 Å². The van der Waals surface area contributed by atoms with Crippen LogP contribution in [0, 0.1) is 0 Å². The van der Waals surface area contributed by atoms with Gasteiger partial charge in [-0.25, -0.2) is 17.9 Å². The molecule has 0 radical (unpaired) electrons. The summed E-state index contributed by atoms with van der Waals surface area (Å²) >= 11 is 0. The maximum absolute atomic E-state index is 12.0. The van der Waals surface area contributed by atoms with Crippen molar-refractivity contribution in [1.82, 2.24) is 10.0 Å². The first kappa shape index (κ1) is 19.9. The van der Waals surface area contributed by atoms with E-state index in [1.54, 1.807) is 20.8 Å². The third-order valence-electron chi connectivity index (χ3n) is 2.65. The summed E-state index contributed by atoms with van der Waals surface area (Å²) in [5, 5.41) is 2.65. The molecule has 0 aliphatic heterocycles. The fourth-order valence-electron chi connectivity index (χ4n) is 1.71. The van der Waals surface area contributed by atoms with E-state index in [9.17, 15) is 18.0 Å². The number of hydrogen-bond acceptors (Lipinski definition) is 5. The van der Waals surface area contributed by atoms with Crippen molar-refractivity contribution in [3.63, 3.8) is 0 Å². The zero-order chi connectivity index (χ0) is 18.4. The van der Waals surface area contributed by atoms with E-state index in [1.165, 1.54) is 30.3 Å². The Bertz CT molecular complexity index is 720. The topological polar surface area (TPSA) is 102 Å². The molecule has 0 spiro atoms. The predicted octanol–water partition coefficient (Wildman–Crippen LogP) is 1.22. The van der Waals surface area contributed by atoms with Crippen LogP contribution in [0.25, 0.3) is 0 Å². The third-order valence-corrected chi connectivity index (χ3v) is 4.07. The normalized spacial score (nSPS) is 11.6. The van der Waals surface area contributed by atoms with E-state index in [2.05, 4.69) is 16.6 Å². The van der Waals surface area contributed by atoms with Crippen LogP contribution in [0.15, 0.2) is 41.8 Å². The highest BCUT2D eigenvalue weighted by Gasteiger charge is 2.18. The van der Waals surface area contributed by atoms with Crippen LogP contribution in [0.1, 0.15) is 31.1 Å². The van der Waals surface area contributed by atoms with Crippen molar-refractivity contribution in [2.24, 2.45) is 0 Å². The molecule has 1 rings (SSSR count). The zero-order valence-electron chi connectivity index (χ0n) is 14.0. The number of amides is 1. The molecule has 0 unspecified atom stereocenters. The highest BCUT2D eigenvalue weighted by molar-refractivity contribution is 7.89. The molecule has 0 aliphatic rings. The van der Waals surface area contributed by atoms with Gasteiger partial charge in [0.05, 0.1) is 10.5 Å². The number of esters is 1. The summed E-state index contributed by atoms with van der Waals surface area (Å²) in [5.74, 6) is -1.22. The van der Waals surface area contributed by atoms with Gasteiger partial charge < -0.3 is 10.1 Å². The number of rotatable bonds is 7. The molecule has 1 aromatic carbocycles. The van der Waals surface area contributed by atoms with Crippen LogP contribution in [0.2, 0.25) is 0 Å². The Labute approximate surface area is 142 Å². The lowest BCUT2D eigenvalue weighted by atomic mass is 10.1. The minimum atomic E-state index is -3.74. The van der Waals surface area contributed by atoms with Crippen LogP contribution in [0.5, 0.6) is 0 Å². The Kier molecular flexibility index (Phi) is 6.68. The predicted molar refractivity (Wildman–Crippen MR) is 90.0 cm³/mol. The molecule has 0 aliphatic carbocycles. The van der Waals surface area contributed by atoms with Gasteiger partial charge >= 0.3 is 5.97 Å². The number of carbonyl (C=O) groups is 2. The van der Waals surface area contributed by atoms with E-state index < -0.39 is 34.0 Å². The quantitative estimate of drug-likeness (QED) is 0.566. The van der Waals surface area contributed by atoms with Gasteiger partial charge in [0.25, 0.3) is 5.91 Å². The smallest absolute Gasteiger partial charge is 0.338 e. The van der Waals surface area contributed by atoms with E-state index >= 15 is 0 Å². The fraction of sp³-hybridized carbons (Fsp3) is 0.375. The Morgan fingerprint density at radius 1 is 1.29 bits per heavy atom. The number of hydrogen-bond donors (Lipinski definition) is 2. The minimum Gasteiger partial charge on any atom is -0.452 e. The maximum Gasteiger partial charge on any atom is 0.338 e. The molecule has 24 heavy (non-hydrogen) atoms. The van der Waals surface area contributed by atoms with Crippen molar-refractivity contribution in [2.45, 2.75) is 31.2 Å². The van der Waals surface area contributed by atoms with Gasteiger partial charge in [-0.2, -0.15) is 0 Å². The number of nitrogens with one attached hydrogen (secondary N) is 2. The van der Waals surface area contributed by atoms with Gasteiger partial charge in [0.1, 0.15) is 0 Å². The van der Waals surface area contributed by atoms with E-state index in [0.717, 1.165) is 0 Å². The molecule has 8 heteroatoms. The number of ether oxygens (including phenoxy) is 1. The van der Waals surface area contributed by atoms with Gasteiger partial charge in [0.2, 0.25) is 10.0 Å². The Balaban J connectivity index is 2.77. The lowest BCUT2D eigenvalue weighted by Crippen LogP contribution is -2.42. The van der Waals surface area contributed by atoms with Crippen molar-refractivity contribution in [3.8, 4) is 0 Å². The average molecular weight is 354 g/mol. The Morgan fingerprint density at radius 3 is 2.54 bits per heavy atom. The Hall–Kier alpha value is -2.19. The second kappa shape index (κ2) is 8.07. The molecule has 1 aromatic rings.